The Morgan fingerprint density at radius 2 is 1.76 bits per heavy atom. The van der Waals surface area contributed by atoms with Crippen LogP contribution in [0.1, 0.15) is 11.3 Å². The number of pyridine rings is 1. The van der Waals surface area contributed by atoms with Crippen molar-refractivity contribution in [2.75, 3.05) is 32.7 Å². The van der Waals surface area contributed by atoms with Gasteiger partial charge in [0.2, 0.25) is 0 Å². The number of nitrogens with one attached hydrogen (secondary N) is 3. The van der Waals surface area contributed by atoms with E-state index in [1.54, 1.807) is 17.3 Å². The third-order valence-electron chi connectivity index (χ3n) is 4.45. The van der Waals surface area contributed by atoms with E-state index in [0.29, 0.717) is 6.54 Å². The van der Waals surface area contributed by atoms with Crippen LogP contribution in [0.15, 0.2) is 59.8 Å². The van der Waals surface area contributed by atoms with E-state index >= 15 is 0 Å². The fourth-order valence-electron chi connectivity index (χ4n) is 3.08. The van der Waals surface area contributed by atoms with Gasteiger partial charge in [-0.2, -0.15) is 5.10 Å². The first-order valence-electron chi connectivity index (χ1n) is 8.73. The molecule has 2 heterocycles. The van der Waals surface area contributed by atoms with Gasteiger partial charge in [0.05, 0.1) is 11.9 Å². The van der Waals surface area contributed by atoms with E-state index < -0.39 is 0 Å². The lowest BCUT2D eigenvalue weighted by molar-refractivity contribution is -1.02. The third kappa shape index (κ3) is 5.77. The molecule has 0 radical (unpaired) electrons. The molecular formula is C19H25N5O+2. The number of benzene rings is 1. The summed E-state index contributed by atoms with van der Waals surface area (Å²) < 4.78 is 0. The second-order valence-electron chi connectivity index (χ2n) is 6.39. The van der Waals surface area contributed by atoms with E-state index in [0.717, 1.165) is 38.4 Å². The van der Waals surface area contributed by atoms with Crippen LogP contribution in [-0.4, -0.2) is 49.8 Å². The lowest BCUT2D eigenvalue weighted by Gasteiger charge is -2.29. The Balaban J connectivity index is 1.37. The summed E-state index contributed by atoms with van der Waals surface area (Å²) in [6.07, 6.45) is 3.26. The minimum atomic E-state index is -0.0475. The van der Waals surface area contributed by atoms with Crippen molar-refractivity contribution in [3.63, 3.8) is 0 Å². The van der Waals surface area contributed by atoms with Crippen LogP contribution < -0.4 is 15.2 Å². The molecule has 0 aliphatic carbocycles. The highest BCUT2D eigenvalue weighted by atomic mass is 16.2. The summed E-state index contributed by atoms with van der Waals surface area (Å²) in [6.45, 7) is 5.75. The van der Waals surface area contributed by atoms with Crippen LogP contribution in [0.2, 0.25) is 0 Å². The quantitative estimate of drug-likeness (QED) is 0.444. The molecule has 6 heteroatoms. The molecule has 1 amide bonds. The van der Waals surface area contributed by atoms with Gasteiger partial charge in [-0.05, 0) is 12.1 Å². The molecule has 0 spiro atoms. The summed E-state index contributed by atoms with van der Waals surface area (Å²) in [5.74, 6) is -0.0475. The van der Waals surface area contributed by atoms with Gasteiger partial charge in [0.25, 0.3) is 5.91 Å². The molecule has 3 N–H and O–H groups in total. The van der Waals surface area contributed by atoms with Crippen LogP contribution in [0.4, 0.5) is 0 Å². The van der Waals surface area contributed by atoms with Gasteiger partial charge in [-0.15, -0.1) is 0 Å². The van der Waals surface area contributed by atoms with Crippen molar-refractivity contribution in [1.29, 1.82) is 0 Å². The van der Waals surface area contributed by atoms with E-state index in [9.17, 15) is 4.79 Å². The van der Waals surface area contributed by atoms with E-state index in [-0.39, 0.29) is 5.91 Å². The van der Waals surface area contributed by atoms with Crippen molar-refractivity contribution in [2.45, 2.75) is 6.54 Å². The zero-order valence-electron chi connectivity index (χ0n) is 14.3. The number of nitrogens with zero attached hydrogens (tertiary/aromatic N) is 2. The topological polar surface area (TPSA) is 63.2 Å². The van der Waals surface area contributed by atoms with Gasteiger partial charge in [-0.1, -0.05) is 36.4 Å². The maximum absolute atomic E-state index is 12.0. The number of aromatic nitrogens is 1. The molecule has 130 valence electrons. The Morgan fingerprint density at radius 3 is 2.48 bits per heavy atom. The second-order valence-corrected chi connectivity index (χ2v) is 6.39. The number of piperazine rings is 1. The largest absolute Gasteiger partial charge is 0.322 e. The molecule has 6 nitrogen and oxygen atoms in total. The average molecular weight is 339 g/mol. The molecule has 1 saturated heterocycles. The fraction of sp³-hybridized carbons (Fsp3) is 0.316. The maximum Gasteiger partial charge on any atom is 0.295 e. The number of amides is 1. The zero-order chi connectivity index (χ0) is 17.3. The second kappa shape index (κ2) is 9.05. The monoisotopic (exact) mass is 339 g/mol. The highest BCUT2D eigenvalue weighted by molar-refractivity contribution is 5.81. The molecule has 1 aliphatic heterocycles. The summed E-state index contributed by atoms with van der Waals surface area (Å²) in [5, 5.41) is 3.97. The van der Waals surface area contributed by atoms with Crippen molar-refractivity contribution >= 4 is 12.1 Å². The SMILES string of the molecule is O=C(C[NH+]1CC[NH+](Cc2ccccc2)CC1)NN=Cc1ccccn1. The molecular weight excluding hydrogens is 314 g/mol. The standard InChI is InChI=1S/C19H23N5O/c25-19(22-21-14-18-8-4-5-9-20-18)16-24-12-10-23(11-13-24)15-17-6-2-1-3-7-17/h1-9,14H,10-13,15-16H2,(H,22,25)/p+2. The summed E-state index contributed by atoms with van der Waals surface area (Å²) in [7, 11) is 0. The molecule has 0 bridgehead atoms. The van der Waals surface area contributed by atoms with E-state index in [4.69, 9.17) is 0 Å². The van der Waals surface area contributed by atoms with Gasteiger partial charge >= 0.3 is 0 Å². The number of hydrogen-bond donors (Lipinski definition) is 3. The van der Waals surface area contributed by atoms with Crippen molar-refractivity contribution in [2.24, 2.45) is 5.10 Å². The smallest absolute Gasteiger partial charge is 0.295 e. The molecule has 1 aliphatic rings. The normalized spacial score (nSPS) is 20.5. The molecule has 2 aromatic rings. The number of quaternary nitrogens is 2. The number of hydrazone groups is 1. The Bertz CT molecular complexity index is 681. The molecule has 0 unspecified atom stereocenters. The zero-order valence-corrected chi connectivity index (χ0v) is 14.3. The number of carbonyl (C=O) groups is 1. The summed E-state index contributed by atoms with van der Waals surface area (Å²) >= 11 is 0. The molecule has 1 aromatic carbocycles. The summed E-state index contributed by atoms with van der Waals surface area (Å²) in [6, 6.07) is 16.2. The highest BCUT2D eigenvalue weighted by Crippen LogP contribution is 1.95. The first-order valence-corrected chi connectivity index (χ1v) is 8.73. The van der Waals surface area contributed by atoms with Gasteiger partial charge in [0, 0.05) is 11.8 Å². The Hall–Kier alpha value is -2.57. The van der Waals surface area contributed by atoms with Crippen molar-refractivity contribution in [3.8, 4) is 0 Å². The lowest BCUT2D eigenvalue weighted by atomic mass is 10.2. The average Bonchev–Trinajstić information content (AvgIpc) is 2.65. The van der Waals surface area contributed by atoms with Crippen LogP contribution in [0.3, 0.4) is 0 Å². The Labute approximate surface area is 148 Å². The molecule has 3 rings (SSSR count). The fourth-order valence-corrected chi connectivity index (χ4v) is 3.08. The van der Waals surface area contributed by atoms with Gasteiger partial charge in [0.1, 0.15) is 32.7 Å². The first-order chi connectivity index (χ1) is 12.3. The van der Waals surface area contributed by atoms with E-state index in [1.807, 2.05) is 18.2 Å². The van der Waals surface area contributed by atoms with Gasteiger partial charge in [-0.3, -0.25) is 9.78 Å². The van der Waals surface area contributed by atoms with E-state index in [1.165, 1.54) is 10.5 Å². The van der Waals surface area contributed by atoms with Gasteiger partial charge in [0.15, 0.2) is 6.54 Å². The number of carbonyl (C=O) groups excluding carboxylic acids is 1. The molecule has 25 heavy (non-hydrogen) atoms. The van der Waals surface area contributed by atoms with Gasteiger partial charge < -0.3 is 9.80 Å². The maximum atomic E-state index is 12.0. The lowest BCUT2D eigenvalue weighted by Crippen LogP contribution is -3.28. The summed E-state index contributed by atoms with van der Waals surface area (Å²) in [5.41, 5.74) is 4.70. The van der Waals surface area contributed by atoms with Crippen LogP contribution in [0.5, 0.6) is 0 Å². The molecule has 0 atom stereocenters. The third-order valence-corrected chi connectivity index (χ3v) is 4.45. The predicted molar refractivity (Wildman–Crippen MR) is 96.4 cm³/mol. The molecule has 0 saturated carbocycles. The van der Waals surface area contributed by atoms with Crippen LogP contribution in [0.25, 0.3) is 0 Å². The highest BCUT2D eigenvalue weighted by Gasteiger charge is 2.24. The van der Waals surface area contributed by atoms with Crippen LogP contribution in [-0.2, 0) is 11.3 Å². The Morgan fingerprint density at radius 1 is 1.04 bits per heavy atom. The summed E-state index contributed by atoms with van der Waals surface area (Å²) in [4.78, 5) is 19.0. The van der Waals surface area contributed by atoms with Crippen molar-refractivity contribution in [1.82, 2.24) is 10.4 Å². The van der Waals surface area contributed by atoms with Crippen LogP contribution in [0, 0.1) is 0 Å². The molecule has 1 aromatic heterocycles. The minimum absolute atomic E-state index is 0.0475. The van der Waals surface area contributed by atoms with Crippen LogP contribution >= 0.6 is 0 Å². The van der Waals surface area contributed by atoms with Crippen molar-refractivity contribution < 1.29 is 14.6 Å². The van der Waals surface area contributed by atoms with E-state index in [2.05, 4.69) is 45.8 Å². The Kier molecular flexibility index (Phi) is 6.25. The van der Waals surface area contributed by atoms with Crippen molar-refractivity contribution in [3.05, 3.63) is 66.0 Å². The number of hydrogen-bond acceptors (Lipinski definition) is 3. The number of rotatable bonds is 6. The first kappa shape index (κ1) is 17.3. The van der Waals surface area contributed by atoms with Gasteiger partial charge in [-0.25, -0.2) is 5.43 Å². The predicted octanol–water partition coefficient (Wildman–Crippen LogP) is -1.48. The minimum Gasteiger partial charge on any atom is -0.322 e. The molecule has 1 fully saturated rings.